The number of para-hydroxylation sites is 1. The van der Waals surface area contributed by atoms with Crippen molar-refractivity contribution >= 4 is 0 Å². The van der Waals surface area contributed by atoms with Crippen molar-refractivity contribution in [2.75, 3.05) is 7.05 Å². The van der Waals surface area contributed by atoms with Gasteiger partial charge in [0.1, 0.15) is 11.6 Å². The number of hydrogen-bond donors (Lipinski definition) is 1. The van der Waals surface area contributed by atoms with Gasteiger partial charge < -0.3 is 14.6 Å². The van der Waals surface area contributed by atoms with Gasteiger partial charge in [0, 0.05) is 25.0 Å². The number of aromatic nitrogens is 2. The maximum Gasteiger partial charge on any atom is 0.130 e. The highest BCUT2D eigenvalue weighted by Crippen LogP contribution is 2.29. The van der Waals surface area contributed by atoms with Crippen LogP contribution >= 0.6 is 0 Å². The predicted molar refractivity (Wildman–Crippen MR) is 76.3 cm³/mol. The first-order valence-corrected chi connectivity index (χ1v) is 6.53. The summed E-state index contributed by atoms with van der Waals surface area (Å²) in [6.45, 7) is 4.07. The molecule has 1 aromatic carbocycles. The smallest absolute Gasteiger partial charge is 0.130 e. The zero-order valence-electron chi connectivity index (χ0n) is 11.9. The van der Waals surface area contributed by atoms with Crippen molar-refractivity contribution in [3.63, 3.8) is 0 Å². The molecule has 0 saturated heterocycles. The van der Waals surface area contributed by atoms with Gasteiger partial charge in [-0.05, 0) is 27.0 Å². The molecule has 1 aromatic heterocycles. The number of nitrogens with zero attached hydrogens (tertiary/aromatic N) is 2. The number of benzene rings is 1. The lowest BCUT2D eigenvalue weighted by molar-refractivity contribution is 0.238. The molecular weight excluding hydrogens is 238 g/mol. The van der Waals surface area contributed by atoms with Gasteiger partial charge in [-0.1, -0.05) is 18.2 Å². The largest absolute Gasteiger partial charge is 0.491 e. The molecule has 0 amide bonds. The van der Waals surface area contributed by atoms with E-state index in [1.54, 1.807) is 0 Å². The summed E-state index contributed by atoms with van der Waals surface area (Å²) < 4.78 is 7.91. The second kappa shape index (κ2) is 5.89. The highest BCUT2D eigenvalue weighted by atomic mass is 16.5. The standard InChI is InChI=1S/C15H21N3O/c1-11(2)19-13-8-6-5-7-12(13)14(16-3)15-17-9-10-18(15)4/h5-11,14,16H,1-4H3. The van der Waals surface area contributed by atoms with E-state index in [9.17, 15) is 0 Å². The Morgan fingerprint density at radius 3 is 2.58 bits per heavy atom. The molecule has 102 valence electrons. The minimum Gasteiger partial charge on any atom is -0.491 e. The van der Waals surface area contributed by atoms with E-state index >= 15 is 0 Å². The molecule has 0 saturated carbocycles. The van der Waals surface area contributed by atoms with Crippen molar-refractivity contribution < 1.29 is 4.74 Å². The molecule has 0 aliphatic heterocycles. The van der Waals surface area contributed by atoms with Crippen LogP contribution in [0.25, 0.3) is 0 Å². The molecule has 0 spiro atoms. The van der Waals surface area contributed by atoms with E-state index in [4.69, 9.17) is 4.74 Å². The first-order valence-electron chi connectivity index (χ1n) is 6.53. The van der Waals surface area contributed by atoms with Crippen LogP contribution in [0.1, 0.15) is 31.3 Å². The summed E-state index contributed by atoms with van der Waals surface area (Å²) in [5.41, 5.74) is 1.10. The minimum atomic E-state index is 0.0231. The van der Waals surface area contributed by atoms with Crippen LogP contribution in [0.4, 0.5) is 0 Å². The van der Waals surface area contributed by atoms with E-state index in [2.05, 4.69) is 16.4 Å². The summed E-state index contributed by atoms with van der Waals surface area (Å²) in [5, 5.41) is 3.31. The van der Waals surface area contributed by atoms with Crippen molar-refractivity contribution in [3.05, 3.63) is 48.0 Å². The van der Waals surface area contributed by atoms with Crippen LogP contribution in [0.5, 0.6) is 5.75 Å². The molecule has 19 heavy (non-hydrogen) atoms. The van der Waals surface area contributed by atoms with Gasteiger partial charge in [-0.25, -0.2) is 4.98 Å². The average molecular weight is 259 g/mol. The fourth-order valence-electron chi connectivity index (χ4n) is 2.16. The lowest BCUT2D eigenvalue weighted by Crippen LogP contribution is -2.22. The predicted octanol–water partition coefficient (Wildman–Crippen LogP) is 2.52. The fraction of sp³-hybridized carbons (Fsp3) is 0.400. The van der Waals surface area contributed by atoms with Gasteiger partial charge in [-0.2, -0.15) is 0 Å². The lowest BCUT2D eigenvalue weighted by Gasteiger charge is -2.21. The van der Waals surface area contributed by atoms with E-state index in [1.807, 2.05) is 63.1 Å². The first-order chi connectivity index (χ1) is 9.13. The Labute approximate surface area is 114 Å². The number of aryl methyl sites for hydroxylation is 1. The summed E-state index contributed by atoms with van der Waals surface area (Å²) in [7, 11) is 3.93. The normalized spacial score (nSPS) is 12.7. The van der Waals surface area contributed by atoms with Crippen LogP contribution in [-0.4, -0.2) is 22.7 Å². The van der Waals surface area contributed by atoms with Gasteiger partial charge in [0.15, 0.2) is 0 Å². The number of ether oxygens (including phenoxy) is 1. The molecule has 0 bridgehead atoms. The van der Waals surface area contributed by atoms with E-state index in [-0.39, 0.29) is 12.1 Å². The summed E-state index contributed by atoms with van der Waals surface area (Å²) in [6, 6.07) is 8.12. The molecule has 4 heteroatoms. The van der Waals surface area contributed by atoms with E-state index in [1.165, 1.54) is 0 Å². The van der Waals surface area contributed by atoms with Crippen molar-refractivity contribution in [2.24, 2.45) is 7.05 Å². The van der Waals surface area contributed by atoms with E-state index in [0.29, 0.717) is 0 Å². The molecule has 1 N–H and O–H groups in total. The van der Waals surface area contributed by atoms with Crippen LogP contribution < -0.4 is 10.1 Å². The van der Waals surface area contributed by atoms with Gasteiger partial charge in [0.25, 0.3) is 0 Å². The van der Waals surface area contributed by atoms with Crippen molar-refractivity contribution in [1.29, 1.82) is 0 Å². The maximum atomic E-state index is 5.89. The summed E-state index contributed by atoms with van der Waals surface area (Å²) >= 11 is 0. The summed E-state index contributed by atoms with van der Waals surface area (Å²) in [6.07, 6.45) is 3.91. The number of imidazole rings is 1. The molecule has 2 rings (SSSR count). The summed E-state index contributed by atoms with van der Waals surface area (Å²) in [5.74, 6) is 1.88. The van der Waals surface area contributed by atoms with Gasteiger partial charge in [-0.15, -0.1) is 0 Å². The molecule has 0 radical (unpaired) electrons. The molecule has 1 unspecified atom stereocenters. The van der Waals surface area contributed by atoms with Crippen LogP contribution in [0.2, 0.25) is 0 Å². The molecule has 1 heterocycles. The Kier molecular flexibility index (Phi) is 4.22. The first kappa shape index (κ1) is 13.6. The van der Waals surface area contributed by atoms with E-state index in [0.717, 1.165) is 17.1 Å². The maximum absolute atomic E-state index is 5.89. The zero-order valence-corrected chi connectivity index (χ0v) is 11.9. The van der Waals surface area contributed by atoms with Gasteiger partial charge in [0.05, 0.1) is 12.1 Å². The third-order valence-corrected chi connectivity index (χ3v) is 3.00. The highest BCUT2D eigenvalue weighted by molar-refractivity contribution is 5.39. The zero-order chi connectivity index (χ0) is 13.8. The van der Waals surface area contributed by atoms with Crippen molar-refractivity contribution in [2.45, 2.75) is 26.0 Å². The molecule has 0 aliphatic carbocycles. The third kappa shape index (κ3) is 2.96. The molecular formula is C15H21N3O. The quantitative estimate of drug-likeness (QED) is 0.896. The molecule has 2 aromatic rings. The highest BCUT2D eigenvalue weighted by Gasteiger charge is 2.20. The molecule has 1 atom stereocenters. The monoisotopic (exact) mass is 259 g/mol. The topological polar surface area (TPSA) is 39.1 Å². The third-order valence-electron chi connectivity index (χ3n) is 3.00. The van der Waals surface area contributed by atoms with Crippen LogP contribution in [0.15, 0.2) is 36.7 Å². The number of rotatable bonds is 5. The van der Waals surface area contributed by atoms with Gasteiger partial charge >= 0.3 is 0 Å². The molecule has 4 nitrogen and oxygen atoms in total. The van der Waals surface area contributed by atoms with Crippen LogP contribution in [-0.2, 0) is 7.05 Å². The Bertz CT molecular complexity index is 534. The van der Waals surface area contributed by atoms with Crippen molar-refractivity contribution in [1.82, 2.24) is 14.9 Å². The number of hydrogen-bond acceptors (Lipinski definition) is 3. The Morgan fingerprint density at radius 1 is 1.26 bits per heavy atom. The Morgan fingerprint density at radius 2 is 2.00 bits per heavy atom. The lowest BCUT2D eigenvalue weighted by atomic mass is 10.0. The average Bonchev–Trinajstić information content (AvgIpc) is 2.78. The Hall–Kier alpha value is -1.81. The molecule has 0 fully saturated rings. The molecule has 0 aliphatic rings. The second-order valence-electron chi connectivity index (χ2n) is 4.82. The van der Waals surface area contributed by atoms with E-state index < -0.39 is 0 Å². The minimum absolute atomic E-state index is 0.0231. The van der Waals surface area contributed by atoms with Crippen molar-refractivity contribution in [3.8, 4) is 5.75 Å². The van der Waals surface area contributed by atoms with Crippen LogP contribution in [0.3, 0.4) is 0 Å². The van der Waals surface area contributed by atoms with Crippen LogP contribution in [0, 0.1) is 0 Å². The Balaban J connectivity index is 2.41. The number of nitrogens with one attached hydrogen (secondary N) is 1. The van der Waals surface area contributed by atoms with Gasteiger partial charge in [0.2, 0.25) is 0 Å². The summed E-state index contributed by atoms with van der Waals surface area (Å²) in [4.78, 5) is 4.43. The fourth-order valence-corrected chi connectivity index (χ4v) is 2.16. The SMILES string of the molecule is CNC(c1ccccc1OC(C)C)c1nccn1C. The second-order valence-corrected chi connectivity index (χ2v) is 4.82. The van der Waals surface area contributed by atoms with Gasteiger partial charge in [-0.3, -0.25) is 0 Å².